The molecule has 4 nitrogen and oxygen atoms in total. The lowest BCUT2D eigenvalue weighted by Gasteiger charge is -2.41. The second kappa shape index (κ2) is 7.98. The van der Waals surface area contributed by atoms with Crippen molar-refractivity contribution >= 4 is 28.7 Å². The molecule has 5 heteroatoms. The standard InChI is InChI=1S/C16H24INO3/c1-4-5-8-11-16(21,18(12(2)3)15(19)20)13-9-6-7-10-14(13)17/h6-7,9-10,12,21H,4-5,8,11H2,1-3H3,(H,19,20)/t16-/m0/s1. The number of halogens is 1. The van der Waals surface area contributed by atoms with Crippen LogP contribution in [0.4, 0.5) is 4.79 Å². The van der Waals surface area contributed by atoms with Crippen molar-refractivity contribution in [1.29, 1.82) is 0 Å². The Morgan fingerprint density at radius 1 is 1.33 bits per heavy atom. The fraction of sp³-hybridized carbons (Fsp3) is 0.562. The van der Waals surface area contributed by atoms with Crippen LogP contribution >= 0.6 is 22.6 Å². The van der Waals surface area contributed by atoms with Crippen LogP contribution in [0.25, 0.3) is 0 Å². The molecule has 0 aliphatic heterocycles. The van der Waals surface area contributed by atoms with Gasteiger partial charge in [0.25, 0.3) is 0 Å². The van der Waals surface area contributed by atoms with Crippen LogP contribution in [-0.4, -0.2) is 27.2 Å². The van der Waals surface area contributed by atoms with Crippen LogP contribution in [0.3, 0.4) is 0 Å². The lowest BCUT2D eigenvalue weighted by Crippen LogP contribution is -2.52. The second-order valence-corrected chi connectivity index (χ2v) is 6.66. The van der Waals surface area contributed by atoms with Gasteiger partial charge in [-0.25, -0.2) is 4.79 Å². The van der Waals surface area contributed by atoms with Gasteiger partial charge in [0.1, 0.15) is 0 Å². The van der Waals surface area contributed by atoms with E-state index in [1.54, 1.807) is 13.8 Å². The lowest BCUT2D eigenvalue weighted by atomic mass is 9.93. The third-order valence-electron chi connectivity index (χ3n) is 3.56. The molecule has 2 N–H and O–H groups in total. The Labute approximate surface area is 140 Å². The minimum atomic E-state index is -1.48. The first-order chi connectivity index (χ1) is 9.84. The third kappa shape index (κ3) is 4.32. The molecule has 1 aromatic rings. The van der Waals surface area contributed by atoms with Crippen molar-refractivity contribution in [1.82, 2.24) is 4.90 Å². The summed E-state index contributed by atoms with van der Waals surface area (Å²) < 4.78 is 0.876. The minimum Gasteiger partial charge on any atom is -0.465 e. The predicted molar refractivity (Wildman–Crippen MR) is 92.2 cm³/mol. The average Bonchev–Trinajstić information content (AvgIpc) is 2.38. The Morgan fingerprint density at radius 2 is 1.95 bits per heavy atom. The molecule has 0 aliphatic carbocycles. The Kier molecular flexibility index (Phi) is 6.93. The van der Waals surface area contributed by atoms with Crippen molar-refractivity contribution in [2.24, 2.45) is 0 Å². The number of carboxylic acid groups (broad SMARTS) is 1. The molecule has 0 aliphatic rings. The summed E-state index contributed by atoms with van der Waals surface area (Å²) in [5, 5.41) is 20.8. The number of hydrogen-bond donors (Lipinski definition) is 2. The zero-order valence-electron chi connectivity index (χ0n) is 12.8. The maximum absolute atomic E-state index is 11.7. The monoisotopic (exact) mass is 405 g/mol. The van der Waals surface area contributed by atoms with E-state index in [0.717, 1.165) is 22.8 Å². The first-order valence-corrected chi connectivity index (χ1v) is 8.42. The number of carbonyl (C=O) groups is 1. The van der Waals surface area contributed by atoms with Crippen molar-refractivity contribution < 1.29 is 15.0 Å². The highest BCUT2D eigenvalue weighted by molar-refractivity contribution is 14.1. The summed E-state index contributed by atoms with van der Waals surface area (Å²) in [6.45, 7) is 5.66. The number of nitrogens with zero attached hydrogens (tertiary/aromatic N) is 1. The maximum Gasteiger partial charge on any atom is 0.410 e. The quantitative estimate of drug-likeness (QED) is 0.402. The van der Waals surface area contributed by atoms with Crippen LogP contribution in [0.1, 0.15) is 52.0 Å². The SMILES string of the molecule is CCCCC[C@](O)(c1ccccc1I)N(C(=O)O)C(C)C. The Balaban J connectivity index is 3.28. The van der Waals surface area contributed by atoms with Crippen molar-refractivity contribution in [2.75, 3.05) is 0 Å². The van der Waals surface area contributed by atoms with Gasteiger partial charge >= 0.3 is 6.09 Å². The van der Waals surface area contributed by atoms with Gasteiger partial charge < -0.3 is 10.2 Å². The molecular weight excluding hydrogens is 381 g/mol. The molecule has 1 rings (SSSR count). The van der Waals surface area contributed by atoms with Crippen LogP contribution in [0.2, 0.25) is 0 Å². The summed E-state index contributed by atoms with van der Waals surface area (Å²) in [4.78, 5) is 12.8. The summed E-state index contributed by atoms with van der Waals surface area (Å²) in [6, 6.07) is 7.12. The van der Waals surface area contributed by atoms with E-state index in [-0.39, 0.29) is 6.04 Å². The van der Waals surface area contributed by atoms with Gasteiger partial charge in [0, 0.05) is 15.2 Å². The summed E-state index contributed by atoms with van der Waals surface area (Å²) in [5.74, 6) is 0. The highest BCUT2D eigenvalue weighted by atomic mass is 127. The van der Waals surface area contributed by atoms with E-state index in [1.165, 1.54) is 4.90 Å². The van der Waals surface area contributed by atoms with Crippen molar-refractivity contribution in [3.05, 3.63) is 33.4 Å². The molecule has 1 aromatic carbocycles. The normalized spacial score (nSPS) is 14.0. The smallest absolute Gasteiger partial charge is 0.410 e. The first kappa shape index (κ1) is 18.2. The van der Waals surface area contributed by atoms with Crippen LogP contribution < -0.4 is 0 Å². The van der Waals surface area contributed by atoms with E-state index in [0.29, 0.717) is 12.0 Å². The van der Waals surface area contributed by atoms with Gasteiger partial charge in [0.2, 0.25) is 0 Å². The molecule has 0 spiro atoms. The number of hydrogen-bond acceptors (Lipinski definition) is 2. The van der Waals surface area contributed by atoms with Crippen LogP contribution in [0, 0.1) is 3.57 Å². The topological polar surface area (TPSA) is 60.8 Å². The highest BCUT2D eigenvalue weighted by Crippen LogP contribution is 2.35. The predicted octanol–water partition coefficient (Wildman–Crippen LogP) is 4.41. The van der Waals surface area contributed by atoms with Gasteiger partial charge in [-0.15, -0.1) is 0 Å². The van der Waals surface area contributed by atoms with Crippen molar-refractivity contribution in [3.8, 4) is 0 Å². The van der Waals surface area contributed by atoms with Crippen LogP contribution in [0.5, 0.6) is 0 Å². The van der Waals surface area contributed by atoms with E-state index in [2.05, 4.69) is 29.5 Å². The average molecular weight is 405 g/mol. The number of benzene rings is 1. The molecule has 0 unspecified atom stereocenters. The fourth-order valence-electron chi connectivity index (χ4n) is 2.60. The number of amides is 1. The summed E-state index contributed by atoms with van der Waals surface area (Å²) in [6.07, 6.45) is 2.09. The number of rotatable bonds is 7. The van der Waals surface area contributed by atoms with E-state index in [9.17, 15) is 15.0 Å². The lowest BCUT2D eigenvalue weighted by molar-refractivity contribution is -0.119. The summed E-state index contributed by atoms with van der Waals surface area (Å²) in [5.41, 5.74) is -0.815. The summed E-state index contributed by atoms with van der Waals surface area (Å²) >= 11 is 2.15. The van der Waals surface area contributed by atoms with Gasteiger partial charge in [0.05, 0.1) is 0 Å². The van der Waals surface area contributed by atoms with Gasteiger partial charge in [-0.3, -0.25) is 4.90 Å². The van der Waals surface area contributed by atoms with E-state index < -0.39 is 11.8 Å². The molecular formula is C16H24INO3. The molecule has 0 radical (unpaired) electrons. The van der Waals surface area contributed by atoms with Crippen LogP contribution in [-0.2, 0) is 5.72 Å². The highest BCUT2D eigenvalue weighted by Gasteiger charge is 2.41. The molecule has 1 atom stereocenters. The zero-order chi connectivity index (χ0) is 16.0. The Morgan fingerprint density at radius 3 is 2.43 bits per heavy atom. The molecule has 0 bridgehead atoms. The largest absolute Gasteiger partial charge is 0.465 e. The first-order valence-electron chi connectivity index (χ1n) is 7.34. The van der Waals surface area contributed by atoms with E-state index >= 15 is 0 Å². The van der Waals surface area contributed by atoms with Crippen LogP contribution in [0.15, 0.2) is 24.3 Å². The van der Waals surface area contributed by atoms with E-state index in [4.69, 9.17) is 0 Å². The maximum atomic E-state index is 11.7. The van der Waals surface area contributed by atoms with Gasteiger partial charge in [-0.2, -0.15) is 0 Å². The number of aliphatic hydroxyl groups is 1. The molecule has 0 saturated carbocycles. The Hall–Kier alpha value is -0.820. The number of unbranched alkanes of at least 4 members (excludes halogenated alkanes) is 2. The Bertz CT molecular complexity index is 478. The third-order valence-corrected chi connectivity index (χ3v) is 4.50. The molecule has 118 valence electrons. The van der Waals surface area contributed by atoms with E-state index in [1.807, 2.05) is 24.3 Å². The van der Waals surface area contributed by atoms with Gasteiger partial charge in [0.15, 0.2) is 5.72 Å². The van der Waals surface area contributed by atoms with Gasteiger partial charge in [-0.1, -0.05) is 38.0 Å². The fourth-order valence-corrected chi connectivity index (χ4v) is 3.42. The zero-order valence-corrected chi connectivity index (χ0v) is 15.0. The molecule has 0 fully saturated rings. The molecule has 0 saturated heterocycles. The van der Waals surface area contributed by atoms with Crippen molar-refractivity contribution in [2.45, 2.75) is 58.2 Å². The molecule has 0 heterocycles. The molecule has 21 heavy (non-hydrogen) atoms. The summed E-state index contributed by atoms with van der Waals surface area (Å²) in [7, 11) is 0. The molecule has 0 aromatic heterocycles. The van der Waals surface area contributed by atoms with Crippen molar-refractivity contribution in [3.63, 3.8) is 0 Å². The minimum absolute atomic E-state index is 0.301. The second-order valence-electron chi connectivity index (χ2n) is 5.50. The molecule has 1 amide bonds. The van der Waals surface area contributed by atoms with Gasteiger partial charge in [-0.05, 0) is 55.3 Å².